The molecule has 0 saturated heterocycles. The number of hydrogen-bond donors (Lipinski definition) is 2. The molecule has 78 valence electrons. The summed E-state index contributed by atoms with van der Waals surface area (Å²) in [6.07, 6.45) is 3.19. The van der Waals surface area contributed by atoms with E-state index in [9.17, 15) is 9.59 Å². The van der Waals surface area contributed by atoms with Gasteiger partial charge in [0.1, 0.15) is 0 Å². The summed E-state index contributed by atoms with van der Waals surface area (Å²) >= 11 is 0. The summed E-state index contributed by atoms with van der Waals surface area (Å²) < 4.78 is 0. The molecule has 4 heteroatoms. The molecule has 2 aromatic heterocycles. The zero-order valence-corrected chi connectivity index (χ0v) is 8.28. The minimum absolute atomic E-state index is 0.0843. The Kier molecular flexibility index (Phi) is 1.71. The predicted octanol–water partition coefficient (Wildman–Crippen LogP) is 1.37. The zero-order valence-electron chi connectivity index (χ0n) is 8.28. The van der Waals surface area contributed by atoms with Crippen molar-refractivity contribution in [2.75, 3.05) is 0 Å². The summed E-state index contributed by atoms with van der Waals surface area (Å²) in [5.41, 5.74) is 1.28. The summed E-state index contributed by atoms with van der Waals surface area (Å²) in [6.45, 7) is 0. The van der Waals surface area contributed by atoms with Gasteiger partial charge in [-0.3, -0.25) is 9.59 Å². The molecular formula is C12H8N2O2. The number of nitrogens with one attached hydrogen (secondary N) is 2. The molecule has 0 aliphatic carbocycles. The van der Waals surface area contributed by atoms with E-state index < -0.39 is 0 Å². The molecule has 4 nitrogen and oxygen atoms in total. The quantitative estimate of drug-likeness (QED) is 0.553. The van der Waals surface area contributed by atoms with Crippen LogP contribution >= 0.6 is 0 Å². The first-order chi connectivity index (χ1) is 7.75. The third-order valence-corrected chi connectivity index (χ3v) is 2.64. The van der Waals surface area contributed by atoms with Crippen LogP contribution in [0.1, 0.15) is 0 Å². The standard InChI is InChI=1S/C12H8N2O2/c15-11-1-3-13-9-6-10-8(5-7(9)11)12(16)2-4-14-10/h1-6H,(H,13,15)(H,14,16). The number of fused-ring (bicyclic) bond motifs is 2. The summed E-state index contributed by atoms with van der Waals surface area (Å²) in [4.78, 5) is 29.2. The second-order valence-corrected chi connectivity index (χ2v) is 3.63. The van der Waals surface area contributed by atoms with Crippen molar-refractivity contribution in [1.82, 2.24) is 9.97 Å². The minimum atomic E-state index is -0.0843. The van der Waals surface area contributed by atoms with Crippen LogP contribution in [-0.2, 0) is 0 Å². The van der Waals surface area contributed by atoms with E-state index in [1.165, 1.54) is 12.1 Å². The van der Waals surface area contributed by atoms with Gasteiger partial charge in [0.2, 0.25) is 0 Å². The normalized spacial score (nSPS) is 11.0. The summed E-state index contributed by atoms with van der Waals surface area (Å²) in [5, 5.41) is 1.07. The first-order valence-corrected chi connectivity index (χ1v) is 4.88. The van der Waals surface area contributed by atoms with Crippen molar-refractivity contribution < 1.29 is 0 Å². The van der Waals surface area contributed by atoms with Crippen molar-refractivity contribution in [3.8, 4) is 0 Å². The van der Waals surface area contributed by atoms with Crippen LogP contribution in [0.15, 0.2) is 46.2 Å². The number of pyridine rings is 2. The largest absolute Gasteiger partial charge is 0.361 e. The summed E-state index contributed by atoms with van der Waals surface area (Å²) in [6, 6.07) is 6.30. The van der Waals surface area contributed by atoms with Crippen LogP contribution in [0.3, 0.4) is 0 Å². The number of H-pyrrole nitrogens is 2. The molecule has 16 heavy (non-hydrogen) atoms. The Labute approximate surface area is 89.6 Å². The molecular weight excluding hydrogens is 204 g/mol. The third kappa shape index (κ3) is 1.16. The van der Waals surface area contributed by atoms with Crippen LogP contribution in [0.5, 0.6) is 0 Å². The van der Waals surface area contributed by atoms with E-state index in [0.717, 1.165) is 11.0 Å². The molecule has 0 aliphatic heterocycles. The average molecular weight is 212 g/mol. The van der Waals surface area contributed by atoms with Gasteiger partial charge in [0.05, 0.1) is 11.0 Å². The number of benzene rings is 1. The fraction of sp³-hybridized carbons (Fsp3) is 0. The lowest BCUT2D eigenvalue weighted by Gasteiger charge is -2.00. The molecule has 2 heterocycles. The molecule has 3 aromatic rings. The van der Waals surface area contributed by atoms with Gasteiger partial charge in [-0.25, -0.2) is 0 Å². The molecule has 0 aliphatic rings. The van der Waals surface area contributed by atoms with Gasteiger partial charge < -0.3 is 9.97 Å². The smallest absolute Gasteiger partial charge is 0.189 e. The SMILES string of the molecule is O=c1cc[nH]c2cc3[nH]ccc(=O)c3cc12. The molecule has 1 aromatic carbocycles. The van der Waals surface area contributed by atoms with Gasteiger partial charge in [-0.2, -0.15) is 0 Å². The first kappa shape index (κ1) is 8.91. The maximum absolute atomic E-state index is 11.6. The molecule has 0 amide bonds. The summed E-state index contributed by atoms with van der Waals surface area (Å²) in [7, 11) is 0. The van der Waals surface area contributed by atoms with Crippen LogP contribution in [0, 0.1) is 0 Å². The predicted molar refractivity (Wildman–Crippen MR) is 62.7 cm³/mol. The Balaban J connectivity index is 2.65. The van der Waals surface area contributed by atoms with Crippen molar-refractivity contribution in [2.45, 2.75) is 0 Å². The number of aromatic nitrogens is 2. The molecule has 0 atom stereocenters. The van der Waals surface area contributed by atoms with Crippen molar-refractivity contribution in [1.29, 1.82) is 0 Å². The van der Waals surface area contributed by atoms with Gasteiger partial charge in [-0.15, -0.1) is 0 Å². The number of hydrogen-bond acceptors (Lipinski definition) is 2. The maximum Gasteiger partial charge on any atom is 0.189 e. The van der Waals surface area contributed by atoms with Crippen molar-refractivity contribution in [3.05, 3.63) is 57.1 Å². The molecule has 3 rings (SSSR count). The van der Waals surface area contributed by atoms with E-state index in [0.29, 0.717) is 10.8 Å². The highest BCUT2D eigenvalue weighted by atomic mass is 16.1. The Morgan fingerprint density at radius 3 is 1.75 bits per heavy atom. The number of aromatic amines is 2. The van der Waals surface area contributed by atoms with E-state index >= 15 is 0 Å². The molecule has 2 N–H and O–H groups in total. The lowest BCUT2D eigenvalue weighted by molar-refractivity contribution is 1.36. The molecule has 0 spiro atoms. The Bertz CT molecular complexity index is 734. The van der Waals surface area contributed by atoms with Crippen LogP contribution in [0.25, 0.3) is 21.8 Å². The summed E-state index contributed by atoms with van der Waals surface area (Å²) in [5.74, 6) is 0. The van der Waals surface area contributed by atoms with Crippen LogP contribution < -0.4 is 10.9 Å². The Morgan fingerprint density at radius 1 is 0.750 bits per heavy atom. The second kappa shape index (κ2) is 3.06. The van der Waals surface area contributed by atoms with Gasteiger partial charge in [0.15, 0.2) is 10.9 Å². The van der Waals surface area contributed by atoms with Crippen molar-refractivity contribution in [3.63, 3.8) is 0 Å². The van der Waals surface area contributed by atoms with Gasteiger partial charge in [-0.05, 0) is 12.1 Å². The van der Waals surface area contributed by atoms with Crippen LogP contribution in [-0.4, -0.2) is 9.97 Å². The fourth-order valence-corrected chi connectivity index (χ4v) is 1.84. The van der Waals surface area contributed by atoms with Gasteiger partial charge in [-0.1, -0.05) is 0 Å². The second-order valence-electron chi connectivity index (χ2n) is 3.63. The van der Waals surface area contributed by atoms with E-state index in [1.807, 2.05) is 0 Å². The molecule has 0 saturated carbocycles. The maximum atomic E-state index is 11.6. The Hall–Kier alpha value is -2.36. The third-order valence-electron chi connectivity index (χ3n) is 2.64. The average Bonchev–Trinajstić information content (AvgIpc) is 2.28. The highest BCUT2D eigenvalue weighted by Crippen LogP contribution is 2.13. The highest BCUT2D eigenvalue weighted by molar-refractivity contribution is 5.94. The highest BCUT2D eigenvalue weighted by Gasteiger charge is 2.03. The fourth-order valence-electron chi connectivity index (χ4n) is 1.84. The van der Waals surface area contributed by atoms with Crippen LogP contribution in [0.4, 0.5) is 0 Å². The van der Waals surface area contributed by atoms with Crippen molar-refractivity contribution >= 4 is 21.8 Å². The van der Waals surface area contributed by atoms with Crippen molar-refractivity contribution in [2.24, 2.45) is 0 Å². The lowest BCUT2D eigenvalue weighted by atomic mass is 10.1. The lowest BCUT2D eigenvalue weighted by Crippen LogP contribution is -2.04. The van der Waals surface area contributed by atoms with E-state index in [-0.39, 0.29) is 10.9 Å². The molecule has 0 fully saturated rings. The molecule has 0 radical (unpaired) electrons. The topological polar surface area (TPSA) is 65.7 Å². The zero-order chi connectivity index (χ0) is 11.1. The van der Waals surface area contributed by atoms with E-state index in [2.05, 4.69) is 9.97 Å². The monoisotopic (exact) mass is 212 g/mol. The minimum Gasteiger partial charge on any atom is -0.361 e. The van der Waals surface area contributed by atoms with Gasteiger partial charge >= 0.3 is 0 Å². The van der Waals surface area contributed by atoms with E-state index in [4.69, 9.17) is 0 Å². The molecule has 0 bridgehead atoms. The Morgan fingerprint density at radius 2 is 1.25 bits per heavy atom. The van der Waals surface area contributed by atoms with Crippen LogP contribution in [0.2, 0.25) is 0 Å². The van der Waals surface area contributed by atoms with E-state index in [1.54, 1.807) is 24.5 Å². The van der Waals surface area contributed by atoms with Gasteiger partial charge in [0.25, 0.3) is 0 Å². The number of rotatable bonds is 0. The first-order valence-electron chi connectivity index (χ1n) is 4.88. The molecule has 0 unspecified atom stereocenters. The van der Waals surface area contributed by atoms with Gasteiger partial charge in [0, 0.05) is 35.3 Å².